The summed E-state index contributed by atoms with van der Waals surface area (Å²) in [5, 5.41) is 8.76. The molecule has 0 aliphatic rings. The van der Waals surface area contributed by atoms with E-state index in [1.54, 1.807) is 0 Å². The second-order valence-corrected chi connectivity index (χ2v) is 4.13. The summed E-state index contributed by atoms with van der Waals surface area (Å²) in [4.78, 5) is 10.7. The molecule has 106 valence electrons. The van der Waals surface area contributed by atoms with Gasteiger partial charge >= 0.3 is 5.97 Å². The maximum absolute atomic E-state index is 10.7. The standard InChI is InChI=1S/C14H21NO4/c1-3-18-14(19-4-2)11-7-5-10(6-8-11)9-12(15)13(16)17/h5-8,12,14H,3-4,9,15H2,1-2H3,(H,16,17). The molecule has 0 spiro atoms. The number of ether oxygens (including phenoxy) is 2. The molecule has 0 saturated carbocycles. The maximum Gasteiger partial charge on any atom is 0.320 e. The number of carboxylic acids is 1. The third-order valence-corrected chi connectivity index (χ3v) is 2.66. The van der Waals surface area contributed by atoms with Gasteiger partial charge in [-0.25, -0.2) is 0 Å². The Morgan fingerprint density at radius 2 is 1.74 bits per heavy atom. The van der Waals surface area contributed by atoms with Gasteiger partial charge in [-0.2, -0.15) is 0 Å². The molecule has 0 fully saturated rings. The Hall–Kier alpha value is -1.43. The molecular formula is C14H21NO4. The summed E-state index contributed by atoms with van der Waals surface area (Å²) >= 11 is 0. The van der Waals surface area contributed by atoms with Crippen molar-refractivity contribution in [3.05, 3.63) is 35.4 Å². The minimum Gasteiger partial charge on any atom is -0.480 e. The lowest BCUT2D eigenvalue weighted by molar-refractivity contribution is -0.140. The molecule has 0 aliphatic heterocycles. The number of hydrogen-bond acceptors (Lipinski definition) is 4. The zero-order valence-electron chi connectivity index (χ0n) is 11.3. The van der Waals surface area contributed by atoms with Crippen LogP contribution in [-0.4, -0.2) is 30.3 Å². The summed E-state index contributed by atoms with van der Waals surface area (Å²) in [6, 6.07) is 6.58. The number of carboxylic acid groups (broad SMARTS) is 1. The zero-order chi connectivity index (χ0) is 14.3. The predicted molar refractivity (Wildman–Crippen MR) is 71.8 cm³/mol. The molecule has 0 aliphatic carbocycles. The maximum atomic E-state index is 10.7. The van der Waals surface area contributed by atoms with Crippen LogP contribution in [0, 0.1) is 0 Å². The highest BCUT2D eigenvalue weighted by Crippen LogP contribution is 2.19. The van der Waals surface area contributed by atoms with Crippen molar-refractivity contribution in [1.29, 1.82) is 0 Å². The molecule has 1 rings (SSSR count). The SMILES string of the molecule is CCOC(OCC)c1ccc(CC(N)C(=O)O)cc1. The van der Waals surface area contributed by atoms with Crippen molar-refractivity contribution in [1.82, 2.24) is 0 Å². The average Bonchev–Trinajstić information content (AvgIpc) is 2.39. The minimum absolute atomic E-state index is 0.309. The van der Waals surface area contributed by atoms with Crippen molar-refractivity contribution < 1.29 is 19.4 Å². The van der Waals surface area contributed by atoms with Crippen molar-refractivity contribution in [2.24, 2.45) is 5.73 Å². The highest BCUT2D eigenvalue weighted by molar-refractivity contribution is 5.73. The molecule has 3 N–H and O–H groups in total. The number of benzene rings is 1. The van der Waals surface area contributed by atoms with Gasteiger partial charge in [-0.05, 0) is 25.8 Å². The van der Waals surface area contributed by atoms with Gasteiger partial charge in [0.15, 0.2) is 6.29 Å². The van der Waals surface area contributed by atoms with Crippen LogP contribution in [0.3, 0.4) is 0 Å². The summed E-state index contributed by atoms with van der Waals surface area (Å²) in [6.45, 7) is 4.95. The van der Waals surface area contributed by atoms with Gasteiger partial charge < -0.3 is 20.3 Å². The number of rotatable bonds is 8. The van der Waals surface area contributed by atoms with Crippen LogP contribution in [0.1, 0.15) is 31.3 Å². The second kappa shape index (κ2) is 7.89. The lowest BCUT2D eigenvalue weighted by Crippen LogP contribution is -2.32. The normalized spacial score (nSPS) is 12.6. The van der Waals surface area contributed by atoms with Crippen LogP contribution in [0.25, 0.3) is 0 Å². The minimum atomic E-state index is -0.995. The summed E-state index contributed by atoms with van der Waals surface area (Å²) < 4.78 is 11.0. The Balaban J connectivity index is 2.71. The summed E-state index contributed by atoms with van der Waals surface area (Å²) in [5.41, 5.74) is 7.29. The van der Waals surface area contributed by atoms with Gasteiger partial charge in [-0.15, -0.1) is 0 Å². The Bertz CT molecular complexity index is 385. The fraction of sp³-hybridized carbons (Fsp3) is 0.500. The second-order valence-electron chi connectivity index (χ2n) is 4.13. The van der Waals surface area contributed by atoms with Crippen LogP contribution in [0.15, 0.2) is 24.3 Å². The van der Waals surface area contributed by atoms with E-state index >= 15 is 0 Å². The average molecular weight is 267 g/mol. The van der Waals surface area contributed by atoms with Gasteiger partial charge in [0.2, 0.25) is 0 Å². The van der Waals surface area contributed by atoms with E-state index in [-0.39, 0.29) is 6.29 Å². The summed E-state index contributed by atoms with van der Waals surface area (Å²) in [7, 11) is 0. The zero-order valence-corrected chi connectivity index (χ0v) is 11.3. The molecule has 5 nitrogen and oxygen atoms in total. The molecule has 1 aromatic carbocycles. The van der Waals surface area contributed by atoms with E-state index < -0.39 is 12.0 Å². The third kappa shape index (κ3) is 4.98. The molecule has 0 bridgehead atoms. The lowest BCUT2D eigenvalue weighted by atomic mass is 10.0. The van der Waals surface area contributed by atoms with Gasteiger partial charge in [-0.1, -0.05) is 24.3 Å². The Kier molecular flexibility index (Phi) is 6.49. The molecule has 1 atom stereocenters. The van der Waals surface area contributed by atoms with E-state index in [0.29, 0.717) is 19.6 Å². The van der Waals surface area contributed by atoms with Crippen LogP contribution in [0.4, 0.5) is 0 Å². The fourth-order valence-electron chi connectivity index (χ4n) is 1.70. The number of nitrogens with two attached hydrogens (primary N) is 1. The van der Waals surface area contributed by atoms with E-state index in [4.69, 9.17) is 20.3 Å². The highest BCUT2D eigenvalue weighted by atomic mass is 16.7. The van der Waals surface area contributed by atoms with E-state index in [1.807, 2.05) is 38.1 Å². The lowest BCUT2D eigenvalue weighted by Gasteiger charge is -2.17. The first kappa shape index (κ1) is 15.6. The smallest absolute Gasteiger partial charge is 0.320 e. The molecule has 1 unspecified atom stereocenters. The number of hydrogen-bond donors (Lipinski definition) is 2. The fourth-order valence-corrected chi connectivity index (χ4v) is 1.70. The van der Waals surface area contributed by atoms with Crippen molar-refractivity contribution in [2.45, 2.75) is 32.6 Å². The van der Waals surface area contributed by atoms with E-state index in [2.05, 4.69) is 0 Å². The van der Waals surface area contributed by atoms with Crippen molar-refractivity contribution in [3.63, 3.8) is 0 Å². The van der Waals surface area contributed by atoms with Gasteiger partial charge in [-0.3, -0.25) is 4.79 Å². The predicted octanol–water partition coefficient (Wildman–Crippen LogP) is 1.71. The van der Waals surface area contributed by atoms with E-state index in [9.17, 15) is 4.79 Å². The van der Waals surface area contributed by atoms with Crippen LogP contribution >= 0.6 is 0 Å². The van der Waals surface area contributed by atoms with Crippen LogP contribution < -0.4 is 5.73 Å². The van der Waals surface area contributed by atoms with Gasteiger partial charge in [0.1, 0.15) is 6.04 Å². The van der Waals surface area contributed by atoms with Gasteiger partial charge in [0.25, 0.3) is 0 Å². The number of carbonyl (C=O) groups is 1. The number of aliphatic carboxylic acids is 1. The first-order valence-electron chi connectivity index (χ1n) is 6.38. The quantitative estimate of drug-likeness (QED) is 0.701. The molecule has 19 heavy (non-hydrogen) atoms. The molecule has 5 heteroatoms. The van der Waals surface area contributed by atoms with Crippen molar-refractivity contribution in [3.8, 4) is 0 Å². The molecule has 1 aromatic rings. The van der Waals surface area contributed by atoms with Crippen LogP contribution in [0.5, 0.6) is 0 Å². The molecule has 0 saturated heterocycles. The first-order valence-corrected chi connectivity index (χ1v) is 6.38. The van der Waals surface area contributed by atoms with Crippen LogP contribution in [0.2, 0.25) is 0 Å². The third-order valence-electron chi connectivity index (χ3n) is 2.66. The van der Waals surface area contributed by atoms with Gasteiger partial charge in [0, 0.05) is 18.8 Å². The summed E-state index contributed by atoms with van der Waals surface area (Å²) in [5.74, 6) is -0.995. The topological polar surface area (TPSA) is 81.8 Å². The van der Waals surface area contributed by atoms with Crippen molar-refractivity contribution in [2.75, 3.05) is 13.2 Å². The Morgan fingerprint density at radius 3 is 2.16 bits per heavy atom. The molecular weight excluding hydrogens is 246 g/mol. The molecule has 0 aromatic heterocycles. The molecule has 0 radical (unpaired) electrons. The largest absolute Gasteiger partial charge is 0.480 e. The van der Waals surface area contributed by atoms with E-state index in [1.165, 1.54) is 0 Å². The Morgan fingerprint density at radius 1 is 1.21 bits per heavy atom. The van der Waals surface area contributed by atoms with Crippen molar-refractivity contribution >= 4 is 5.97 Å². The van der Waals surface area contributed by atoms with Gasteiger partial charge in [0.05, 0.1) is 0 Å². The summed E-state index contributed by atoms with van der Waals surface area (Å²) in [6.07, 6.45) is -0.0685. The highest BCUT2D eigenvalue weighted by Gasteiger charge is 2.14. The first-order chi connectivity index (χ1) is 9.08. The van der Waals surface area contributed by atoms with E-state index in [0.717, 1.165) is 11.1 Å². The molecule has 0 amide bonds. The monoisotopic (exact) mass is 267 g/mol. The van der Waals surface area contributed by atoms with Crippen LogP contribution in [-0.2, 0) is 20.7 Å². The Labute approximate surface area is 113 Å². The molecule has 0 heterocycles.